The average molecular weight is 533 g/mol. The number of hydrogen-bond acceptors (Lipinski definition) is 1. The molecule has 198 valence electrons. The zero-order valence-electron chi connectivity index (χ0n) is 20.2. The Morgan fingerprint density at radius 2 is 1.39 bits per heavy atom. The van der Waals surface area contributed by atoms with E-state index in [1.165, 1.54) is 44.6 Å². The molecule has 0 amide bonds. The maximum atomic E-state index is 15.0. The van der Waals surface area contributed by atoms with Crippen molar-refractivity contribution in [3.63, 3.8) is 0 Å². The van der Waals surface area contributed by atoms with Gasteiger partial charge in [0.2, 0.25) is 0 Å². The molecule has 0 aliphatic heterocycles. The van der Waals surface area contributed by atoms with E-state index in [9.17, 15) is 22.0 Å². The molecule has 0 radical (unpaired) electrons. The van der Waals surface area contributed by atoms with Crippen LogP contribution in [0.5, 0.6) is 5.75 Å². The zero-order chi connectivity index (χ0) is 26.0. The zero-order valence-corrected chi connectivity index (χ0v) is 21.0. The van der Waals surface area contributed by atoms with Crippen LogP contribution in [0.3, 0.4) is 0 Å². The van der Waals surface area contributed by atoms with E-state index in [4.69, 9.17) is 11.6 Å². The lowest BCUT2D eigenvalue weighted by atomic mass is 9.68. The minimum atomic E-state index is -4.28. The molecule has 2 fully saturated rings. The minimum Gasteiger partial charge on any atom is -0.429 e. The fourth-order valence-electron chi connectivity index (χ4n) is 6.16. The van der Waals surface area contributed by atoms with Crippen LogP contribution in [0.15, 0.2) is 24.3 Å². The molecule has 0 N–H and O–H groups in total. The molecular weight excluding hydrogens is 502 g/mol. The van der Waals surface area contributed by atoms with E-state index in [1.54, 1.807) is 0 Å². The summed E-state index contributed by atoms with van der Waals surface area (Å²) in [6.45, 7) is 2.23. The van der Waals surface area contributed by atoms with Crippen LogP contribution in [0.4, 0.5) is 26.3 Å². The Morgan fingerprint density at radius 1 is 0.833 bits per heavy atom. The third-order valence-electron chi connectivity index (χ3n) is 8.10. The van der Waals surface area contributed by atoms with Gasteiger partial charge in [-0.15, -0.1) is 0 Å². The number of ether oxygens (including phenoxy) is 1. The van der Waals surface area contributed by atoms with E-state index in [2.05, 4.69) is 11.7 Å². The van der Waals surface area contributed by atoms with Crippen LogP contribution in [0.25, 0.3) is 0 Å². The van der Waals surface area contributed by atoms with Crippen molar-refractivity contribution in [2.24, 2.45) is 17.8 Å². The molecule has 0 bridgehead atoms. The van der Waals surface area contributed by atoms with Crippen LogP contribution in [-0.2, 0) is 6.11 Å². The molecular formula is C28H31ClF6O. The molecule has 4 rings (SSSR count). The fourth-order valence-corrected chi connectivity index (χ4v) is 6.48. The van der Waals surface area contributed by atoms with Crippen molar-refractivity contribution in [1.29, 1.82) is 0 Å². The largest absolute Gasteiger partial charge is 0.429 e. The Kier molecular flexibility index (Phi) is 8.48. The normalized spacial score (nSPS) is 25.1. The van der Waals surface area contributed by atoms with Gasteiger partial charge in [-0.05, 0) is 73.8 Å². The summed E-state index contributed by atoms with van der Waals surface area (Å²) >= 11 is 6.21. The monoisotopic (exact) mass is 532 g/mol. The van der Waals surface area contributed by atoms with Crippen LogP contribution >= 0.6 is 11.6 Å². The lowest BCUT2D eigenvalue weighted by molar-refractivity contribution is -0.187. The van der Waals surface area contributed by atoms with Crippen LogP contribution < -0.4 is 4.74 Å². The van der Waals surface area contributed by atoms with Crippen LogP contribution in [0, 0.1) is 41.0 Å². The van der Waals surface area contributed by atoms with Gasteiger partial charge in [0.05, 0.1) is 5.02 Å². The van der Waals surface area contributed by atoms with Gasteiger partial charge in [0.25, 0.3) is 0 Å². The number of benzene rings is 2. The third kappa shape index (κ3) is 5.81. The Balaban J connectivity index is 1.42. The molecule has 0 atom stereocenters. The molecule has 2 aliphatic carbocycles. The maximum absolute atomic E-state index is 15.0. The quantitative estimate of drug-likeness (QED) is 0.255. The second-order valence-corrected chi connectivity index (χ2v) is 10.7. The van der Waals surface area contributed by atoms with Gasteiger partial charge in [0.1, 0.15) is 11.3 Å². The summed E-state index contributed by atoms with van der Waals surface area (Å²) in [6.07, 6.45) is 7.04. The van der Waals surface area contributed by atoms with E-state index in [-0.39, 0.29) is 18.1 Å². The average Bonchev–Trinajstić information content (AvgIpc) is 2.84. The number of rotatable bonds is 7. The Morgan fingerprint density at radius 3 is 1.94 bits per heavy atom. The Hall–Kier alpha value is -1.89. The molecule has 0 aromatic heterocycles. The van der Waals surface area contributed by atoms with Gasteiger partial charge < -0.3 is 4.74 Å². The summed E-state index contributed by atoms with van der Waals surface area (Å²) < 4.78 is 88.6. The molecule has 0 unspecified atom stereocenters. The summed E-state index contributed by atoms with van der Waals surface area (Å²) in [5, 5.41) is -0.393. The topological polar surface area (TPSA) is 9.23 Å². The minimum absolute atomic E-state index is 0.0245. The SMILES string of the molecule is CCCC1CCC(C2CCC(c3ccc(C(F)(F)Oc4cc(F)c(F)c(F)c4)c(F)c3Cl)CC2)CC1. The van der Waals surface area contributed by atoms with Crippen molar-refractivity contribution in [2.45, 2.75) is 83.2 Å². The van der Waals surface area contributed by atoms with Gasteiger partial charge in [-0.1, -0.05) is 50.3 Å². The molecule has 2 aromatic carbocycles. The highest BCUT2D eigenvalue weighted by Gasteiger charge is 2.40. The van der Waals surface area contributed by atoms with E-state index in [1.807, 2.05) is 0 Å². The van der Waals surface area contributed by atoms with Crippen LogP contribution in [0.1, 0.15) is 88.2 Å². The summed E-state index contributed by atoms with van der Waals surface area (Å²) in [5.74, 6) is -5.32. The van der Waals surface area contributed by atoms with E-state index in [0.717, 1.165) is 43.6 Å². The lowest BCUT2D eigenvalue weighted by Gasteiger charge is -2.38. The maximum Gasteiger partial charge on any atom is 0.429 e. The van der Waals surface area contributed by atoms with Gasteiger partial charge in [0, 0.05) is 12.1 Å². The molecule has 8 heteroatoms. The molecule has 0 saturated heterocycles. The third-order valence-corrected chi connectivity index (χ3v) is 8.48. The molecule has 2 saturated carbocycles. The first kappa shape index (κ1) is 27.2. The van der Waals surface area contributed by atoms with E-state index >= 15 is 4.39 Å². The first-order valence-corrected chi connectivity index (χ1v) is 13.2. The second kappa shape index (κ2) is 11.2. The smallest absolute Gasteiger partial charge is 0.429 e. The van der Waals surface area contributed by atoms with Crippen LogP contribution in [-0.4, -0.2) is 0 Å². The van der Waals surface area contributed by atoms with Gasteiger partial charge in [-0.25, -0.2) is 17.6 Å². The molecule has 36 heavy (non-hydrogen) atoms. The predicted octanol–water partition coefficient (Wildman–Crippen LogP) is 9.90. The first-order chi connectivity index (χ1) is 17.1. The lowest BCUT2D eigenvalue weighted by Crippen LogP contribution is -2.26. The second-order valence-electron chi connectivity index (χ2n) is 10.3. The van der Waals surface area contributed by atoms with Crippen LogP contribution in [0.2, 0.25) is 5.02 Å². The Labute approximate surface area is 213 Å². The summed E-state index contributed by atoms with van der Waals surface area (Å²) in [7, 11) is 0. The molecule has 0 spiro atoms. The van der Waals surface area contributed by atoms with Gasteiger partial charge in [0.15, 0.2) is 23.3 Å². The van der Waals surface area contributed by atoms with Crippen molar-refractivity contribution >= 4 is 11.6 Å². The van der Waals surface area contributed by atoms with Crippen molar-refractivity contribution in [1.82, 2.24) is 0 Å². The highest BCUT2D eigenvalue weighted by Crippen LogP contribution is 2.47. The number of halogens is 7. The standard InChI is InChI=1S/C28H31ClF6O/c1-2-3-16-4-6-17(7-5-16)18-8-10-19(11-9-18)21-12-13-22(26(32)25(21)29)28(34,35)36-20-14-23(30)27(33)24(31)15-20/h12-19H,2-11H2,1H3. The highest BCUT2D eigenvalue weighted by molar-refractivity contribution is 6.31. The summed E-state index contributed by atoms with van der Waals surface area (Å²) in [6, 6.07) is 2.82. The number of alkyl halides is 2. The summed E-state index contributed by atoms with van der Waals surface area (Å²) in [5.41, 5.74) is -0.670. The molecule has 2 aromatic rings. The van der Waals surface area contributed by atoms with E-state index in [0.29, 0.717) is 11.5 Å². The molecule has 0 heterocycles. The van der Waals surface area contributed by atoms with Crippen molar-refractivity contribution < 1.29 is 31.1 Å². The first-order valence-electron chi connectivity index (χ1n) is 12.8. The summed E-state index contributed by atoms with van der Waals surface area (Å²) in [4.78, 5) is 0. The molecule has 2 aliphatic rings. The van der Waals surface area contributed by atoms with Crippen molar-refractivity contribution in [2.75, 3.05) is 0 Å². The van der Waals surface area contributed by atoms with Crippen molar-refractivity contribution in [3.05, 3.63) is 63.7 Å². The predicted molar refractivity (Wildman–Crippen MR) is 127 cm³/mol. The van der Waals surface area contributed by atoms with Crippen molar-refractivity contribution in [3.8, 4) is 5.75 Å². The fraction of sp³-hybridized carbons (Fsp3) is 0.571. The van der Waals surface area contributed by atoms with Gasteiger partial charge >= 0.3 is 6.11 Å². The molecule has 1 nitrogen and oxygen atoms in total. The number of hydrogen-bond donors (Lipinski definition) is 0. The highest BCUT2D eigenvalue weighted by atomic mass is 35.5. The van der Waals surface area contributed by atoms with Gasteiger partial charge in [-0.2, -0.15) is 8.78 Å². The van der Waals surface area contributed by atoms with E-state index < -0.39 is 45.7 Å². The Bertz CT molecular complexity index is 1040. The van der Waals surface area contributed by atoms with Gasteiger partial charge in [-0.3, -0.25) is 0 Å².